The van der Waals surface area contributed by atoms with E-state index in [9.17, 15) is 8.42 Å². The van der Waals surface area contributed by atoms with Crippen LogP contribution in [-0.4, -0.2) is 57.9 Å². The highest BCUT2D eigenvalue weighted by molar-refractivity contribution is 7.92. The number of nitrogens with zero attached hydrogens (tertiary/aromatic N) is 3. The molecule has 0 atom stereocenters. The van der Waals surface area contributed by atoms with Crippen molar-refractivity contribution in [3.05, 3.63) is 54.2 Å². The lowest BCUT2D eigenvalue weighted by Gasteiger charge is -2.27. The Balaban J connectivity index is 1.49. The van der Waals surface area contributed by atoms with Gasteiger partial charge in [0.2, 0.25) is 5.95 Å². The van der Waals surface area contributed by atoms with Crippen LogP contribution < -0.4 is 24.4 Å². The Bertz CT molecular complexity index is 1280. The maximum Gasteiger partial charge on any atom is 0.265 e. The van der Waals surface area contributed by atoms with Gasteiger partial charge in [-0.1, -0.05) is 0 Å². The summed E-state index contributed by atoms with van der Waals surface area (Å²) in [5, 5.41) is 3.27. The molecular weight excluding hydrogens is 482 g/mol. The fourth-order valence-corrected chi connectivity index (χ4v) is 4.95. The molecule has 1 fully saturated rings. The first-order chi connectivity index (χ1) is 17.4. The molecule has 36 heavy (non-hydrogen) atoms. The van der Waals surface area contributed by atoms with E-state index in [2.05, 4.69) is 24.9 Å². The van der Waals surface area contributed by atoms with Crippen molar-refractivity contribution in [1.82, 2.24) is 9.97 Å². The van der Waals surface area contributed by atoms with E-state index in [1.165, 1.54) is 6.07 Å². The highest BCUT2D eigenvalue weighted by Gasteiger charge is 2.21. The molecule has 4 rings (SSSR count). The van der Waals surface area contributed by atoms with E-state index in [1.54, 1.807) is 43.3 Å². The van der Waals surface area contributed by atoms with Crippen LogP contribution in [0.25, 0.3) is 0 Å². The highest BCUT2D eigenvalue weighted by Crippen LogP contribution is 2.30. The molecule has 11 heteroatoms. The molecular formula is C25H31N5O5S. The van der Waals surface area contributed by atoms with Crippen LogP contribution in [0.5, 0.6) is 11.5 Å². The number of morpholine rings is 1. The Morgan fingerprint density at radius 3 is 2.33 bits per heavy atom. The Hall–Kier alpha value is -3.57. The number of rotatable bonds is 10. The topological polar surface area (TPSA) is 115 Å². The van der Waals surface area contributed by atoms with Crippen LogP contribution in [0.4, 0.5) is 23.1 Å². The molecule has 2 N–H and O–H groups in total. The van der Waals surface area contributed by atoms with Crippen molar-refractivity contribution in [2.75, 3.05) is 54.5 Å². The smallest absolute Gasteiger partial charge is 0.265 e. The fraction of sp³-hybridized carbons (Fsp3) is 0.360. The lowest BCUT2D eigenvalue weighted by molar-refractivity contribution is 0.122. The van der Waals surface area contributed by atoms with Crippen LogP contribution in [0.1, 0.15) is 19.5 Å². The second-order valence-electron chi connectivity index (χ2n) is 8.08. The molecule has 3 aromatic rings. The molecule has 192 valence electrons. The van der Waals surface area contributed by atoms with Crippen LogP contribution in [-0.2, 0) is 14.8 Å². The largest absolute Gasteiger partial charge is 0.494 e. The summed E-state index contributed by atoms with van der Waals surface area (Å²) in [6, 6.07) is 13.6. The third kappa shape index (κ3) is 6.35. The number of aryl methyl sites for hydroxylation is 1. The number of aromatic nitrogens is 2. The second-order valence-corrected chi connectivity index (χ2v) is 9.73. The number of ether oxygens (including phenoxy) is 3. The van der Waals surface area contributed by atoms with E-state index < -0.39 is 10.0 Å². The van der Waals surface area contributed by atoms with Crippen LogP contribution in [0.3, 0.4) is 0 Å². The molecule has 0 bridgehead atoms. The van der Waals surface area contributed by atoms with E-state index >= 15 is 0 Å². The van der Waals surface area contributed by atoms with Gasteiger partial charge in [-0.15, -0.1) is 0 Å². The summed E-state index contributed by atoms with van der Waals surface area (Å²) in [5.74, 6) is 2.04. The van der Waals surface area contributed by atoms with Crippen molar-refractivity contribution >= 4 is 33.2 Å². The molecule has 0 unspecified atom stereocenters. The van der Waals surface area contributed by atoms with Crippen molar-refractivity contribution in [3.63, 3.8) is 0 Å². The fourth-order valence-electron chi connectivity index (χ4n) is 3.73. The summed E-state index contributed by atoms with van der Waals surface area (Å²) in [6.45, 7) is 9.12. The van der Waals surface area contributed by atoms with E-state index in [-0.39, 0.29) is 10.6 Å². The van der Waals surface area contributed by atoms with Crippen molar-refractivity contribution < 1.29 is 22.6 Å². The van der Waals surface area contributed by atoms with Crippen LogP contribution in [0, 0.1) is 6.92 Å². The monoisotopic (exact) mass is 513 g/mol. The van der Waals surface area contributed by atoms with Gasteiger partial charge >= 0.3 is 0 Å². The molecule has 2 heterocycles. The first-order valence-corrected chi connectivity index (χ1v) is 13.3. The lowest BCUT2D eigenvalue weighted by atomic mass is 10.3. The normalized spacial score (nSPS) is 13.8. The van der Waals surface area contributed by atoms with Gasteiger partial charge in [-0.3, -0.25) is 4.72 Å². The second kappa shape index (κ2) is 11.4. The van der Waals surface area contributed by atoms with E-state index in [0.717, 1.165) is 24.5 Å². The molecule has 0 saturated carbocycles. The summed E-state index contributed by atoms with van der Waals surface area (Å²) in [5.41, 5.74) is 2.02. The number of nitrogens with one attached hydrogen (secondary N) is 2. The molecule has 1 saturated heterocycles. The minimum absolute atomic E-state index is 0.0182. The summed E-state index contributed by atoms with van der Waals surface area (Å²) in [6.07, 6.45) is 0. The number of sulfonamides is 1. The zero-order chi connectivity index (χ0) is 25.5. The van der Waals surface area contributed by atoms with Gasteiger partial charge in [0.05, 0.1) is 26.4 Å². The SMILES string of the molecule is CCOc1ccc(OCC)c(S(=O)(=O)Nc2ccc(Nc3cc(C)nc(N4CCOCC4)n3)cc2)c1. The summed E-state index contributed by atoms with van der Waals surface area (Å²) < 4.78 is 45.4. The maximum absolute atomic E-state index is 13.2. The van der Waals surface area contributed by atoms with Gasteiger partial charge in [0, 0.05) is 42.3 Å². The first kappa shape index (κ1) is 25.5. The van der Waals surface area contributed by atoms with Gasteiger partial charge in [-0.05, 0) is 57.2 Å². The highest BCUT2D eigenvalue weighted by atomic mass is 32.2. The van der Waals surface area contributed by atoms with Gasteiger partial charge in [-0.2, -0.15) is 4.98 Å². The minimum Gasteiger partial charge on any atom is -0.494 e. The molecule has 0 amide bonds. The molecule has 0 radical (unpaired) electrons. The van der Waals surface area contributed by atoms with Crippen molar-refractivity contribution in [2.24, 2.45) is 0 Å². The summed E-state index contributed by atoms with van der Waals surface area (Å²) in [7, 11) is -3.91. The van der Waals surface area contributed by atoms with Gasteiger partial charge < -0.3 is 24.4 Å². The molecule has 1 aromatic heterocycles. The predicted octanol–water partition coefficient (Wildman–Crippen LogP) is 3.96. The van der Waals surface area contributed by atoms with Gasteiger partial charge in [-0.25, -0.2) is 13.4 Å². The van der Waals surface area contributed by atoms with E-state index in [1.807, 2.05) is 19.9 Å². The Kier molecular flexibility index (Phi) is 8.11. The average Bonchev–Trinajstić information content (AvgIpc) is 2.86. The lowest BCUT2D eigenvalue weighted by Crippen LogP contribution is -2.37. The molecule has 2 aromatic carbocycles. The summed E-state index contributed by atoms with van der Waals surface area (Å²) >= 11 is 0. The molecule has 10 nitrogen and oxygen atoms in total. The Morgan fingerprint density at radius 2 is 1.64 bits per heavy atom. The van der Waals surface area contributed by atoms with E-state index in [4.69, 9.17) is 14.2 Å². The standard InChI is InChI=1S/C25H31N5O5S/c1-4-34-21-10-11-22(35-5-2)23(17-21)36(31,32)29-20-8-6-19(7-9-20)27-24-16-18(3)26-25(28-24)30-12-14-33-15-13-30/h6-11,16-17,29H,4-5,12-15H2,1-3H3,(H,26,27,28). The average molecular weight is 514 g/mol. The van der Waals surface area contributed by atoms with Gasteiger partial charge in [0.25, 0.3) is 10.0 Å². The minimum atomic E-state index is -3.91. The maximum atomic E-state index is 13.2. The van der Waals surface area contributed by atoms with E-state index in [0.29, 0.717) is 49.6 Å². The zero-order valence-corrected chi connectivity index (χ0v) is 21.5. The van der Waals surface area contributed by atoms with Gasteiger partial charge in [0.1, 0.15) is 22.2 Å². The number of hydrogen-bond donors (Lipinski definition) is 2. The molecule has 1 aliphatic rings. The number of benzene rings is 2. The Morgan fingerprint density at radius 1 is 0.944 bits per heavy atom. The molecule has 0 aliphatic carbocycles. The van der Waals surface area contributed by atoms with Gasteiger partial charge in [0.15, 0.2) is 0 Å². The first-order valence-electron chi connectivity index (χ1n) is 11.9. The van der Waals surface area contributed by atoms with Crippen molar-refractivity contribution in [1.29, 1.82) is 0 Å². The molecule has 0 spiro atoms. The van der Waals surface area contributed by atoms with Crippen LogP contribution in [0.2, 0.25) is 0 Å². The quantitative estimate of drug-likeness (QED) is 0.416. The summed E-state index contributed by atoms with van der Waals surface area (Å²) in [4.78, 5) is 11.3. The van der Waals surface area contributed by atoms with Crippen LogP contribution in [0.15, 0.2) is 53.4 Å². The third-order valence-electron chi connectivity index (χ3n) is 5.36. The number of anilines is 4. The molecule has 1 aliphatic heterocycles. The van der Waals surface area contributed by atoms with Crippen LogP contribution >= 0.6 is 0 Å². The van der Waals surface area contributed by atoms with Crippen molar-refractivity contribution in [2.45, 2.75) is 25.7 Å². The predicted molar refractivity (Wildman–Crippen MR) is 139 cm³/mol. The number of hydrogen-bond acceptors (Lipinski definition) is 9. The third-order valence-corrected chi connectivity index (χ3v) is 6.76. The Labute approximate surface area is 211 Å². The zero-order valence-electron chi connectivity index (χ0n) is 20.7. The van der Waals surface area contributed by atoms with Crippen molar-refractivity contribution in [3.8, 4) is 11.5 Å².